The van der Waals surface area contributed by atoms with Gasteiger partial charge < -0.3 is 15.7 Å². The third kappa shape index (κ3) is 3.96. The molecular formula is C13H11FN4O3. The number of nitrogens with zero attached hydrogens (tertiary/aromatic N) is 2. The molecule has 0 unspecified atom stereocenters. The highest BCUT2D eigenvalue weighted by Gasteiger charge is 2.11. The van der Waals surface area contributed by atoms with Crippen molar-refractivity contribution in [1.29, 1.82) is 0 Å². The van der Waals surface area contributed by atoms with Gasteiger partial charge in [-0.15, -0.1) is 0 Å². The van der Waals surface area contributed by atoms with Crippen LogP contribution in [0.15, 0.2) is 36.5 Å². The topological polar surface area (TPSA) is 104 Å². The van der Waals surface area contributed by atoms with Gasteiger partial charge in [0.25, 0.3) is 0 Å². The summed E-state index contributed by atoms with van der Waals surface area (Å²) in [5.74, 6) is -1.94. The first-order valence-electron chi connectivity index (χ1n) is 5.90. The van der Waals surface area contributed by atoms with Gasteiger partial charge in [0.15, 0.2) is 0 Å². The van der Waals surface area contributed by atoms with E-state index in [4.69, 9.17) is 5.11 Å². The third-order valence-corrected chi connectivity index (χ3v) is 2.52. The SMILES string of the molecule is O=C(NCc1cccnn1)Nc1cc(C(=O)O)ccc1F. The van der Waals surface area contributed by atoms with Crippen LogP contribution in [0.3, 0.4) is 0 Å². The first-order chi connectivity index (χ1) is 10.1. The summed E-state index contributed by atoms with van der Waals surface area (Å²) >= 11 is 0. The Hall–Kier alpha value is -3.03. The molecule has 0 saturated heterocycles. The first kappa shape index (κ1) is 14.4. The molecule has 2 amide bonds. The van der Waals surface area contributed by atoms with E-state index in [0.29, 0.717) is 5.69 Å². The number of benzene rings is 1. The van der Waals surface area contributed by atoms with E-state index in [1.807, 2.05) is 0 Å². The van der Waals surface area contributed by atoms with Crippen molar-refractivity contribution in [3.8, 4) is 0 Å². The molecule has 21 heavy (non-hydrogen) atoms. The highest BCUT2D eigenvalue weighted by Crippen LogP contribution is 2.16. The molecule has 0 aliphatic rings. The molecule has 0 atom stereocenters. The minimum absolute atomic E-state index is 0.111. The van der Waals surface area contributed by atoms with Gasteiger partial charge in [-0.25, -0.2) is 14.0 Å². The molecule has 1 aromatic heterocycles. The lowest BCUT2D eigenvalue weighted by molar-refractivity contribution is 0.0697. The Morgan fingerprint density at radius 3 is 2.76 bits per heavy atom. The Morgan fingerprint density at radius 2 is 2.10 bits per heavy atom. The molecule has 0 bridgehead atoms. The number of anilines is 1. The standard InChI is InChI=1S/C13H11FN4O3/c14-10-4-3-8(12(19)20)6-11(10)17-13(21)15-7-9-2-1-5-16-18-9/h1-6H,7H2,(H,19,20)(H2,15,17,21). The second kappa shape index (κ2) is 6.42. The monoisotopic (exact) mass is 290 g/mol. The number of aromatic carboxylic acids is 1. The number of carbonyl (C=O) groups excluding carboxylic acids is 1. The summed E-state index contributed by atoms with van der Waals surface area (Å²) < 4.78 is 13.5. The van der Waals surface area contributed by atoms with Gasteiger partial charge in [-0.1, -0.05) is 0 Å². The average molecular weight is 290 g/mol. The van der Waals surface area contributed by atoms with Crippen LogP contribution in [0.4, 0.5) is 14.9 Å². The summed E-state index contributed by atoms with van der Waals surface area (Å²) in [6.45, 7) is 0.111. The van der Waals surface area contributed by atoms with Crippen molar-refractivity contribution in [1.82, 2.24) is 15.5 Å². The zero-order valence-corrected chi connectivity index (χ0v) is 10.7. The van der Waals surface area contributed by atoms with E-state index >= 15 is 0 Å². The summed E-state index contributed by atoms with van der Waals surface area (Å²) in [5.41, 5.74) is 0.194. The van der Waals surface area contributed by atoms with E-state index in [1.165, 1.54) is 6.20 Å². The summed E-state index contributed by atoms with van der Waals surface area (Å²) in [6.07, 6.45) is 1.50. The lowest BCUT2D eigenvalue weighted by atomic mass is 10.2. The van der Waals surface area contributed by atoms with Gasteiger partial charge in [-0.05, 0) is 30.3 Å². The molecule has 1 aromatic carbocycles. The molecule has 7 nitrogen and oxygen atoms in total. The zero-order chi connectivity index (χ0) is 15.2. The predicted octanol–water partition coefficient (Wildman–Crippen LogP) is 1.64. The number of carboxylic acids is 1. The number of aromatic nitrogens is 2. The van der Waals surface area contributed by atoms with E-state index in [9.17, 15) is 14.0 Å². The van der Waals surface area contributed by atoms with E-state index in [2.05, 4.69) is 20.8 Å². The molecular weight excluding hydrogens is 279 g/mol. The number of nitrogens with one attached hydrogen (secondary N) is 2. The van der Waals surface area contributed by atoms with Gasteiger partial charge in [0.1, 0.15) is 5.82 Å². The highest BCUT2D eigenvalue weighted by atomic mass is 19.1. The fourth-order valence-electron chi connectivity index (χ4n) is 1.52. The lowest BCUT2D eigenvalue weighted by Gasteiger charge is -2.08. The number of hydrogen-bond donors (Lipinski definition) is 3. The molecule has 0 radical (unpaired) electrons. The smallest absolute Gasteiger partial charge is 0.335 e. The number of rotatable bonds is 4. The molecule has 0 fully saturated rings. The normalized spacial score (nSPS) is 9.95. The number of hydrogen-bond acceptors (Lipinski definition) is 4. The summed E-state index contributed by atoms with van der Waals surface area (Å²) in [5, 5.41) is 20.9. The van der Waals surface area contributed by atoms with Crippen LogP contribution >= 0.6 is 0 Å². The zero-order valence-electron chi connectivity index (χ0n) is 10.7. The second-order valence-corrected chi connectivity index (χ2v) is 4.02. The Kier molecular flexibility index (Phi) is 4.39. The molecule has 3 N–H and O–H groups in total. The largest absolute Gasteiger partial charge is 0.478 e. The molecule has 0 aliphatic heterocycles. The van der Waals surface area contributed by atoms with Crippen molar-refractivity contribution in [3.05, 3.63) is 53.6 Å². The number of carboxylic acid groups (broad SMARTS) is 1. The molecule has 0 saturated carbocycles. The third-order valence-electron chi connectivity index (χ3n) is 2.52. The van der Waals surface area contributed by atoms with Crippen molar-refractivity contribution in [2.24, 2.45) is 0 Å². The highest BCUT2D eigenvalue weighted by molar-refractivity contribution is 5.93. The van der Waals surface area contributed by atoms with Crippen LogP contribution in [0.25, 0.3) is 0 Å². The van der Waals surface area contributed by atoms with Crippen LogP contribution in [0.2, 0.25) is 0 Å². The summed E-state index contributed by atoms with van der Waals surface area (Å²) in [4.78, 5) is 22.4. The Balaban J connectivity index is 1.99. The van der Waals surface area contributed by atoms with Gasteiger partial charge >= 0.3 is 12.0 Å². The molecule has 0 spiro atoms. The van der Waals surface area contributed by atoms with Crippen LogP contribution < -0.4 is 10.6 Å². The summed E-state index contributed by atoms with van der Waals surface area (Å²) in [6, 6.07) is 5.78. The van der Waals surface area contributed by atoms with Crippen molar-refractivity contribution in [2.75, 3.05) is 5.32 Å². The molecule has 2 rings (SSSR count). The lowest BCUT2D eigenvalue weighted by Crippen LogP contribution is -2.29. The number of halogens is 1. The average Bonchev–Trinajstić information content (AvgIpc) is 2.48. The molecule has 8 heteroatoms. The van der Waals surface area contributed by atoms with Gasteiger partial charge in [-0.2, -0.15) is 10.2 Å². The fourth-order valence-corrected chi connectivity index (χ4v) is 1.52. The maximum Gasteiger partial charge on any atom is 0.335 e. The predicted molar refractivity (Wildman–Crippen MR) is 71.2 cm³/mol. The Bertz CT molecular complexity index is 664. The van der Waals surface area contributed by atoms with Crippen molar-refractivity contribution in [3.63, 3.8) is 0 Å². The van der Waals surface area contributed by atoms with Gasteiger partial charge in [0.2, 0.25) is 0 Å². The minimum Gasteiger partial charge on any atom is -0.478 e. The maximum absolute atomic E-state index is 13.5. The second-order valence-electron chi connectivity index (χ2n) is 4.02. The van der Waals surface area contributed by atoms with E-state index < -0.39 is 17.8 Å². The van der Waals surface area contributed by atoms with Crippen molar-refractivity contribution < 1.29 is 19.1 Å². The number of carbonyl (C=O) groups is 2. The first-order valence-corrected chi connectivity index (χ1v) is 5.90. The summed E-state index contributed by atoms with van der Waals surface area (Å²) in [7, 11) is 0. The minimum atomic E-state index is -1.21. The fraction of sp³-hybridized carbons (Fsp3) is 0.0769. The molecule has 108 valence electrons. The van der Waals surface area contributed by atoms with Crippen LogP contribution in [0, 0.1) is 5.82 Å². The number of amides is 2. The van der Waals surface area contributed by atoms with Gasteiger partial charge in [0.05, 0.1) is 23.5 Å². The van der Waals surface area contributed by atoms with Gasteiger partial charge in [-0.3, -0.25) is 0 Å². The van der Waals surface area contributed by atoms with E-state index in [0.717, 1.165) is 18.2 Å². The van der Waals surface area contributed by atoms with Crippen LogP contribution in [0.5, 0.6) is 0 Å². The Labute approximate surface area is 118 Å². The Morgan fingerprint density at radius 1 is 1.29 bits per heavy atom. The van der Waals surface area contributed by atoms with Gasteiger partial charge in [0, 0.05) is 6.20 Å². The molecule has 2 aromatic rings. The van der Waals surface area contributed by atoms with Crippen molar-refractivity contribution in [2.45, 2.75) is 6.54 Å². The van der Waals surface area contributed by atoms with Crippen molar-refractivity contribution >= 4 is 17.7 Å². The maximum atomic E-state index is 13.5. The van der Waals surface area contributed by atoms with Crippen LogP contribution in [-0.2, 0) is 6.54 Å². The molecule has 1 heterocycles. The van der Waals surface area contributed by atoms with Crippen LogP contribution in [0.1, 0.15) is 16.1 Å². The van der Waals surface area contributed by atoms with Crippen LogP contribution in [-0.4, -0.2) is 27.3 Å². The van der Waals surface area contributed by atoms with E-state index in [-0.39, 0.29) is 17.8 Å². The molecule has 0 aliphatic carbocycles. The number of urea groups is 1. The quantitative estimate of drug-likeness (QED) is 0.794. The van der Waals surface area contributed by atoms with E-state index in [1.54, 1.807) is 12.1 Å².